The van der Waals surface area contributed by atoms with Gasteiger partial charge in [0, 0.05) is 5.92 Å². The molecule has 0 fully saturated rings. The first-order valence-electron chi connectivity index (χ1n) is 4.81. The molecule has 0 saturated carbocycles. The fourth-order valence-corrected chi connectivity index (χ4v) is 1.46. The molecule has 1 aliphatic heterocycles. The van der Waals surface area contributed by atoms with Gasteiger partial charge in [-0.2, -0.15) is 0 Å². The Bertz CT molecular complexity index is 180. The number of hydrogen-bond acceptors (Lipinski definition) is 2. The van der Waals surface area contributed by atoms with E-state index in [-0.39, 0.29) is 5.54 Å². The lowest BCUT2D eigenvalue weighted by molar-refractivity contribution is 0.263. The van der Waals surface area contributed by atoms with Crippen LogP contribution in [0, 0.1) is 5.92 Å². The van der Waals surface area contributed by atoms with E-state index in [0.717, 1.165) is 25.3 Å². The average Bonchev–Trinajstić information content (AvgIpc) is 2.34. The molecule has 0 bridgehead atoms. The van der Waals surface area contributed by atoms with Gasteiger partial charge in [0.15, 0.2) is 5.90 Å². The van der Waals surface area contributed by atoms with E-state index >= 15 is 0 Å². The van der Waals surface area contributed by atoms with Crippen LogP contribution >= 0.6 is 0 Å². The van der Waals surface area contributed by atoms with Crippen LogP contribution in [0.25, 0.3) is 0 Å². The quantitative estimate of drug-likeness (QED) is 0.636. The van der Waals surface area contributed by atoms with Gasteiger partial charge in [-0.1, -0.05) is 13.8 Å². The molecule has 0 N–H and O–H groups in total. The maximum absolute atomic E-state index is 5.56. The third-order valence-corrected chi connectivity index (χ3v) is 2.32. The van der Waals surface area contributed by atoms with Crippen LogP contribution in [0.1, 0.15) is 40.5 Å². The Morgan fingerprint density at radius 1 is 1.42 bits per heavy atom. The van der Waals surface area contributed by atoms with Crippen molar-refractivity contribution >= 4 is 5.90 Å². The lowest BCUT2D eigenvalue weighted by atomic mass is 10.0. The molecular formula is C10H19NO. The van der Waals surface area contributed by atoms with Gasteiger partial charge in [0.25, 0.3) is 0 Å². The summed E-state index contributed by atoms with van der Waals surface area (Å²) in [7, 11) is 0. The van der Waals surface area contributed by atoms with E-state index in [1.165, 1.54) is 0 Å². The molecule has 0 unspecified atom stereocenters. The zero-order chi connectivity index (χ0) is 9.19. The molecule has 0 saturated heterocycles. The fourth-order valence-electron chi connectivity index (χ4n) is 1.46. The molecule has 1 aliphatic rings. The van der Waals surface area contributed by atoms with Crippen LogP contribution in [-0.2, 0) is 4.74 Å². The van der Waals surface area contributed by atoms with Crippen molar-refractivity contribution in [1.29, 1.82) is 0 Å². The molecule has 0 aromatic rings. The highest BCUT2D eigenvalue weighted by Crippen LogP contribution is 2.23. The third-order valence-electron chi connectivity index (χ3n) is 2.32. The Labute approximate surface area is 75.0 Å². The molecule has 0 radical (unpaired) electrons. The Morgan fingerprint density at radius 3 is 2.33 bits per heavy atom. The van der Waals surface area contributed by atoms with Gasteiger partial charge < -0.3 is 4.74 Å². The van der Waals surface area contributed by atoms with Crippen molar-refractivity contribution < 1.29 is 4.74 Å². The van der Waals surface area contributed by atoms with Crippen molar-refractivity contribution in [2.45, 2.75) is 46.1 Å². The van der Waals surface area contributed by atoms with Gasteiger partial charge in [-0.3, -0.25) is 0 Å². The molecular weight excluding hydrogens is 150 g/mol. The zero-order valence-corrected chi connectivity index (χ0v) is 8.55. The first-order chi connectivity index (χ1) is 5.59. The largest absolute Gasteiger partial charge is 0.478 e. The number of aliphatic imine (C=N–C) groups is 1. The summed E-state index contributed by atoms with van der Waals surface area (Å²) < 4.78 is 5.56. The minimum absolute atomic E-state index is 0.0118. The predicted molar refractivity (Wildman–Crippen MR) is 51.5 cm³/mol. The van der Waals surface area contributed by atoms with Crippen molar-refractivity contribution in [1.82, 2.24) is 0 Å². The second kappa shape index (κ2) is 3.46. The maximum Gasteiger partial charge on any atom is 0.187 e. The summed E-state index contributed by atoms with van der Waals surface area (Å²) >= 11 is 0. The number of hydrogen-bond donors (Lipinski definition) is 0. The van der Waals surface area contributed by atoms with E-state index < -0.39 is 0 Å². The van der Waals surface area contributed by atoms with E-state index in [1.54, 1.807) is 0 Å². The van der Waals surface area contributed by atoms with Crippen LogP contribution in [0.2, 0.25) is 0 Å². The Kier molecular flexibility index (Phi) is 2.76. The second-order valence-corrected chi connectivity index (χ2v) is 4.06. The molecule has 70 valence electrons. The zero-order valence-electron chi connectivity index (χ0n) is 8.55. The van der Waals surface area contributed by atoms with Crippen LogP contribution in [0.4, 0.5) is 0 Å². The van der Waals surface area contributed by atoms with E-state index in [4.69, 9.17) is 4.74 Å². The van der Waals surface area contributed by atoms with Gasteiger partial charge in [-0.05, 0) is 26.7 Å². The second-order valence-electron chi connectivity index (χ2n) is 4.06. The smallest absolute Gasteiger partial charge is 0.187 e. The summed E-state index contributed by atoms with van der Waals surface area (Å²) in [6, 6.07) is 0. The van der Waals surface area contributed by atoms with Crippen LogP contribution in [0.5, 0.6) is 0 Å². The SMILES string of the molecule is CCC(CC)C1=NC(C)(C)CO1. The van der Waals surface area contributed by atoms with Gasteiger partial charge in [0.05, 0.1) is 5.54 Å². The van der Waals surface area contributed by atoms with Crippen molar-refractivity contribution in [3.05, 3.63) is 0 Å². The first kappa shape index (κ1) is 9.56. The number of rotatable bonds is 3. The molecule has 0 aromatic carbocycles. The van der Waals surface area contributed by atoms with Gasteiger partial charge in [-0.25, -0.2) is 4.99 Å². The van der Waals surface area contributed by atoms with Gasteiger partial charge >= 0.3 is 0 Å². The highest BCUT2D eigenvalue weighted by Gasteiger charge is 2.29. The third kappa shape index (κ3) is 1.99. The standard InChI is InChI=1S/C10H19NO/c1-5-8(6-2)9-11-10(3,4)7-12-9/h8H,5-7H2,1-4H3. The van der Waals surface area contributed by atoms with Crippen molar-refractivity contribution in [2.75, 3.05) is 6.61 Å². The molecule has 0 spiro atoms. The van der Waals surface area contributed by atoms with Crippen LogP contribution in [0.15, 0.2) is 4.99 Å². The molecule has 0 atom stereocenters. The van der Waals surface area contributed by atoms with E-state index in [1.807, 2.05) is 0 Å². The van der Waals surface area contributed by atoms with E-state index in [2.05, 4.69) is 32.7 Å². The molecule has 0 amide bonds. The Morgan fingerprint density at radius 2 is 2.00 bits per heavy atom. The molecule has 12 heavy (non-hydrogen) atoms. The molecule has 1 rings (SSSR count). The molecule has 1 heterocycles. The summed E-state index contributed by atoms with van der Waals surface area (Å²) in [5, 5.41) is 0. The topological polar surface area (TPSA) is 21.6 Å². The van der Waals surface area contributed by atoms with Crippen molar-refractivity contribution in [3.8, 4) is 0 Å². The number of ether oxygens (including phenoxy) is 1. The van der Waals surface area contributed by atoms with Gasteiger partial charge in [0.1, 0.15) is 6.61 Å². The normalized spacial score (nSPS) is 20.9. The minimum Gasteiger partial charge on any atom is -0.478 e. The average molecular weight is 169 g/mol. The Hall–Kier alpha value is -0.530. The first-order valence-corrected chi connectivity index (χ1v) is 4.81. The monoisotopic (exact) mass is 169 g/mol. The van der Waals surface area contributed by atoms with E-state index in [9.17, 15) is 0 Å². The molecule has 0 aromatic heterocycles. The number of nitrogens with zero attached hydrogens (tertiary/aromatic N) is 1. The maximum atomic E-state index is 5.56. The van der Waals surface area contributed by atoms with Crippen molar-refractivity contribution in [2.24, 2.45) is 10.9 Å². The fraction of sp³-hybridized carbons (Fsp3) is 0.900. The molecule has 2 heteroatoms. The molecule has 2 nitrogen and oxygen atoms in total. The van der Waals surface area contributed by atoms with Crippen LogP contribution < -0.4 is 0 Å². The van der Waals surface area contributed by atoms with Crippen LogP contribution in [-0.4, -0.2) is 18.0 Å². The predicted octanol–water partition coefficient (Wildman–Crippen LogP) is 2.63. The lowest BCUT2D eigenvalue weighted by Crippen LogP contribution is -2.17. The summed E-state index contributed by atoms with van der Waals surface area (Å²) in [6.07, 6.45) is 2.26. The van der Waals surface area contributed by atoms with E-state index in [0.29, 0.717) is 5.92 Å². The van der Waals surface area contributed by atoms with Gasteiger partial charge in [0.2, 0.25) is 0 Å². The summed E-state index contributed by atoms with van der Waals surface area (Å²) in [5.74, 6) is 1.51. The Balaban J connectivity index is 2.64. The molecule has 0 aliphatic carbocycles. The van der Waals surface area contributed by atoms with Crippen molar-refractivity contribution in [3.63, 3.8) is 0 Å². The highest BCUT2D eigenvalue weighted by atomic mass is 16.5. The summed E-state index contributed by atoms with van der Waals surface area (Å²) in [4.78, 5) is 4.56. The lowest BCUT2D eigenvalue weighted by Gasteiger charge is -2.10. The summed E-state index contributed by atoms with van der Waals surface area (Å²) in [6.45, 7) is 9.35. The van der Waals surface area contributed by atoms with Gasteiger partial charge in [-0.15, -0.1) is 0 Å². The highest BCUT2D eigenvalue weighted by molar-refractivity contribution is 5.80. The van der Waals surface area contributed by atoms with Crippen LogP contribution in [0.3, 0.4) is 0 Å². The summed E-state index contributed by atoms with van der Waals surface area (Å²) in [5.41, 5.74) is 0.0118. The minimum atomic E-state index is 0.0118.